The van der Waals surface area contributed by atoms with Crippen molar-refractivity contribution < 1.29 is 13.5 Å². The Morgan fingerprint density at radius 2 is 1.89 bits per heavy atom. The SMILES string of the molecule is CC(CS(C)(=O)=O)NC(CO)Cc1ccccc1. The Kier molecular flexibility index (Phi) is 5.78. The molecule has 2 N–H and O–H groups in total. The van der Waals surface area contributed by atoms with Crippen LogP contribution in [0.1, 0.15) is 12.5 Å². The second-order valence-electron chi connectivity index (χ2n) is 4.73. The number of hydrogen-bond donors (Lipinski definition) is 2. The number of rotatable bonds is 7. The number of hydrogen-bond acceptors (Lipinski definition) is 4. The van der Waals surface area contributed by atoms with Crippen molar-refractivity contribution in [2.75, 3.05) is 18.6 Å². The quantitative estimate of drug-likeness (QED) is 0.762. The molecule has 2 unspecified atom stereocenters. The summed E-state index contributed by atoms with van der Waals surface area (Å²) in [4.78, 5) is 0. The lowest BCUT2D eigenvalue weighted by Crippen LogP contribution is -2.43. The van der Waals surface area contributed by atoms with Crippen molar-refractivity contribution in [3.8, 4) is 0 Å². The van der Waals surface area contributed by atoms with Crippen LogP contribution in [0.2, 0.25) is 0 Å². The standard InChI is InChI=1S/C13H21NO3S/c1-11(10-18(2,16)17)14-13(9-15)8-12-6-4-3-5-7-12/h3-7,11,13-15H,8-10H2,1-2H3. The predicted octanol–water partition coefficient (Wildman–Crippen LogP) is 0.613. The molecule has 18 heavy (non-hydrogen) atoms. The molecule has 0 spiro atoms. The lowest BCUT2D eigenvalue weighted by molar-refractivity contribution is 0.235. The van der Waals surface area contributed by atoms with Crippen LogP contribution in [-0.2, 0) is 16.3 Å². The first-order valence-electron chi connectivity index (χ1n) is 5.99. The zero-order chi connectivity index (χ0) is 13.6. The number of sulfone groups is 1. The fraction of sp³-hybridized carbons (Fsp3) is 0.538. The van der Waals surface area contributed by atoms with Gasteiger partial charge in [-0.1, -0.05) is 30.3 Å². The van der Waals surface area contributed by atoms with Crippen LogP contribution in [0.4, 0.5) is 0 Å². The average molecular weight is 271 g/mol. The fourth-order valence-corrected chi connectivity index (χ4v) is 2.98. The first-order valence-corrected chi connectivity index (χ1v) is 8.05. The van der Waals surface area contributed by atoms with Gasteiger partial charge in [-0.25, -0.2) is 8.42 Å². The van der Waals surface area contributed by atoms with Crippen molar-refractivity contribution in [3.63, 3.8) is 0 Å². The Balaban J connectivity index is 2.52. The number of benzene rings is 1. The third-order valence-corrected chi connectivity index (χ3v) is 3.72. The van der Waals surface area contributed by atoms with E-state index in [1.165, 1.54) is 6.26 Å². The van der Waals surface area contributed by atoms with Crippen molar-refractivity contribution in [2.24, 2.45) is 0 Å². The highest BCUT2D eigenvalue weighted by atomic mass is 32.2. The van der Waals surface area contributed by atoms with Gasteiger partial charge in [0, 0.05) is 18.3 Å². The summed E-state index contributed by atoms with van der Waals surface area (Å²) in [6, 6.07) is 9.53. The van der Waals surface area contributed by atoms with Gasteiger partial charge in [0.1, 0.15) is 9.84 Å². The second kappa shape index (κ2) is 6.87. The molecule has 1 aromatic rings. The van der Waals surface area contributed by atoms with E-state index in [1.807, 2.05) is 37.3 Å². The molecule has 0 aliphatic heterocycles. The van der Waals surface area contributed by atoms with Gasteiger partial charge in [-0.05, 0) is 18.9 Å². The summed E-state index contributed by atoms with van der Waals surface area (Å²) in [6.07, 6.45) is 1.90. The van der Waals surface area contributed by atoms with Gasteiger partial charge in [-0.2, -0.15) is 0 Å². The molecule has 1 rings (SSSR count). The highest BCUT2D eigenvalue weighted by Crippen LogP contribution is 2.04. The molecule has 0 amide bonds. The van der Waals surface area contributed by atoms with Crippen molar-refractivity contribution in [1.82, 2.24) is 5.32 Å². The summed E-state index contributed by atoms with van der Waals surface area (Å²) in [7, 11) is -2.99. The van der Waals surface area contributed by atoms with Crippen molar-refractivity contribution in [2.45, 2.75) is 25.4 Å². The van der Waals surface area contributed by atoms with Gasteiger partial charge in [-0.3, -0.25) is 0 Å². The van der Waals surface area contributed by atoms with Crippen LogP contribution in [-0.4, -0.2) is 44.2 Å². The molecule has 2 atom stereocenters. The van der Waals surface area contributed by atoms with Crippen LogP contribution >= 0.6 is 0 Å². The van der Waals surface area contributed by atoms with Gasteiger partial charge in [0.05, 0.1) is 12.4 Å². The predicted molar refractivity (Wildman–Crippen MR) is 73.3 cm³/mol. The molecular formula is C13H21NO3S. The van der Waals surface area contributed by atoms with Gasteiger partial charge in [-0.15, -0.1) is 0 Å². The highest BCUT2D eigenvalue weighted by Gasteiger charge is 2.15. The molecule has 0 saturated heterocycles. The minimum Gasteiger partial charge on any atom is -0.395 e. The van der Waals surface area contributed by atoms with E-state index >= 15 is 0 Å². The van der Waals surface area contributed by atoms with Crippen LogP contribution in [0.25, 0.3) is 0 Å². The number of nitrogens with one attached hydrogen (secondary N) is 1. The third-order valence-electron chi connectivity index (χ3n) is 2.62. The van der Waals surface area contributed by atoms with E-state index in [2.05, 4.69) is 5.32 Å². The maximum atomic E-state index is 11.2. The van der Waals surface area contributed by atoms with E-state index in [9.17, 15) is 13.5 Å². The first kappa shape index (κ1) is 15.1. The minimum atomic E-state index is -2.99. The molecule has 0 saturated carbocycles. The summed E-state index contributed by atoms with van der Waals surface area (Å²) < 4.78 is 22.3. The van der Waals surface area contributed by atoms with Crippen molar-refractivity contribution in [3.05, 3.63) is 35.9 Å². The Labute approximate surface area is 109 Å². The molecule has 0 aromatic heterocycles. The lowest BCUT2D eigenvalue weighted by atomic mass is 10.1. The molecule has 0 aliphatic carbocycles. The summed E-state index contributed by atoms with van der Waals surface area (Å²) in [5.41, 5.74) is 1.12. The molecule has 102 valence electrons. The van der Waals surface area contributed by atoms with Crippen LogP contribution in [0.5, 0.6) is 0 Å². The zero-order valence-electron chi connectivity index (χ0n) is 10.8. The zero-order valence-corrected chi connectivity index (χ0v) is 11.7. The monoisotopic (exact) mass is 271 g/mol. The highest BCUT2D eigenvalue weighted by molar-refractivity contribution is 7.90. The van der Waals surface area contributed by atoms with Crippen LogP contribution in [0, 0.1) is 0 Å². The van der Waals surface area contributed by atoms with Gasteiger partial charge in [0.15, 0.2) is 0 Å². The Bertz CT molecular complexity index is 445. The molecule has 0 heterocycles. The van der Waals surface area contributed by atoms with E-state index in [0.717, 1.165) is 5.56 Å². The normalized spacial score (nSPS) is 15.3. The Morgan fingerprint density at radius 1 is 1.28 bits per heavy atom. The third kappa shape index (κ3) is 6.14. The lowest BCUT2D eigenvalue weighted by Gasteiger charge is -2.21. The molecular weight excluding hydrogens is 250 g/mol. The maximum absolute atomic E-state index is 11.2. The molecule has 4 nitrogen and oxygen atoms in total. The Hall–Kier alpha value is -0.910. The van der Waals surface area contributed by atoms with E-state index in [0.29, 0.717) is 6.42 Å². The number of aliphatic hydroxyl groups is 1. The van der Waals surface area contributed by atoms with Crippen molar-refractivity contribution >= 4 is 9.84 Å². The second-order valence-corrected chi connectivity index (χ2v) is 6.91. The van der Waals surface area contributed by atoms with Crippen LogP contribution in [0.3, 0.4) is 0 Å². The van der Waals surface area contributed by atoms with Gasteiger partial charge >= 0.3 is 0 Å². The Morgan fingerprint density at radius 3 is 2.39 bits per heavy atom. The first-order chi connectivity index (χ1) is 8.40. The van der Waals surface area contributed by atoms with E-state index in [-0.39, 0.29) is 24.4 Å². The largest absolute Gasteiger partial charge is 0.395 e. The number of aliphatic hydroxyl groups excluding tert-OH is 1. The summed E-state index contributed by atoms with van der Waals surface area (Å²) in [6.45, 7) is 1.80. The van der Waals surface area contributed by atoms with Gasteiger partial charge in [0.25, 0.3) is 0 Å². The van der Waals surface area contributed by atoms with E-state index in [1.54, 1.807) is 0 Å². The summed E-state index contributed by atoms with van der Waals surface area (Å²) >= 11 is 0. The fourth-order valence-electron chi connectivity index (χ4n) is 1.98. The van der Waals surface area contributed by atoms with Gasteiger partial charge < -0.3 is 10.4 Å². The van der Waals surface area contributed by atoms with Crippen LogP contribution < -0.4 is 5.32 Å². The van der Waals surface area contributed by atoms with Crippen molar-refractivity contribution in [1.29, 1.82) is 0 Å². The van der Waals surface area contributed by atoms with Gasteiger partial charge in [0.2, 0.25) is 0 Å². The molecule has 0 bridgehead atoms. The average Bonchev–Trinajstić information content (AvgIpc) is 2.27. The topological polar surface area (TPSA) is 66.4 Å². The molecule has 5 heteroatoms. The molecule has 0 fully saturated rings. The smallest absolute Gasteiger partial charge is 0.148 e. The maximum Gasteiger partial charge on any atom is 0.148 e. The summed E-state index contributed by atoms with van der Waals surface area (Å²) in [5.74, 6) is 0.0816. The summed E-state index contributed by atoms with van der Waals surface area (Å²) in [5, 5.41) is 12.5. The van der Waals surface area contributed by atoms with E-state index < -0.39 is 9.84 Å². The minimum absolute atomic E-state index is 0.0109. The molecule has 0 aliphatic rings. The van der Waals surface area contributed by atoms with E-state index in [4.69, 9.17) is 0 Å². The molecule has 0 radical (unpaired) electrons. The molecule has 1 aromatic carbocycles. The van der Waals surface area contributed by atoms with Crippen LogP contribution in [0.15, 0.2) is 30.3 Å².